The van der Waals surface area contributed by atoms with E-state index in [0.29, 0.717) is 18.8 Å². The number of likely N-dealkylation sites (N-methyl/N-ethyl adjacent to an activating group) is 1. The van der Waals surface area contributed by atoms with Gasteiger partial charge in [0.05, 0.1) is 30.8 Å². The van der Waals surface area contributed by atoms with Crippen LogP contribution in [0.4, 0.5) is 11.4 Å². The highest BCUT2D eigenvalue weighted by atomic mass is 16.6. The Labute approximate surface area is 163 Å². The molecule has 0 aliphatic heterocycles. The van der Waals surface area contributed by atoms with Crippen LogP contribution in [0.3, 0.4) is 0 Å². The normalized spacial score (nSPS) is 11.4. The molecule has 0 aliphatic carbocycles. The molecule has 1 atom stereocenters. The Bertz CT molecular complexity index is 836. The van der Waals surface area contributed by atoms with Crippen LogP contribution < -0.4 is 19.7 Å². The van der Waals surface area contributed by atoms with Crippen molar-refractivity contribution in [2.24, 2.45) is 0 Å². The molecule has 0 radical (unpaired) electrons. The number of nitrogens with zero attached hydrogens (tertiary/aromatic N) is 1. The molecule has 2 aromatic rings. The number of nitro benzene ring substituents is 1. The molecule has 148 valence electrons. The lowest BCUT2D eigenvalue weighted by molar-refractivity contribution is -0.885. The maximum absolute atomic E-state index is 12.3. The summed E-state index contributed by atoms with van der Waals surface area (Å²) in [5.41, 5.74) is 1.37. The van der Waals surface area contributed by atoms with Gasteiger partial charge in [-0.25, -0.2) is 0 Å². The van der Waals surface area contributed by atoms with Gasteiger partial charge < -0.3 is 19.7 Å². The van der Waals surface area contributed by atoms with Gasteiger partial charge >= 0.3 is 0 Å². The molecule has 2 rings (SSSR count). The number of carbonyl (C=O) groups excluding carboxylic acids is 1. The summed E-state index contributed by atoms with van der Waals surface area (Å²) in [6, 6.07) is 11.7. The van der Waals surface area contributed by atoms with E-state index in [2.05, 4.69) is 11.9 Å². The van der Waals surface area contributed by atoms with Crippen LogP contribution in [0, 0.1) is 10.1 Å². The lowest BCUT2D eigenvalue weighted by atomic mass is 10.2. The first-order valence-corrected chi connectivity index (χ1v) is 8.69. The summed E-state index contributed by atoms with van der Waals surface area (Å²) >= 11 is 0. The minimum Gasteiger partial charge on any atom is -0.494 e. The third-order valence-electron chi connectivity index (χ3n) is 3.93. The second kappa shape index (κ2) is 10.1. The average molecular weight is 386 g/mol. The van der Waals surface area contributed by atoms with Crippen LogP contribution in [0.1, 0.15) is 5.56 Å². The zero-order chi connectivity index (χ0) is 20.5. The van der Waals surface area contributed by atoms with Gasteiger partial charge in [-0.05, 0) is 30.3 Å². The van der Waals surface area contributed by atoms with Gasteiger partial charge in [0.2, 0.25) is 0 Å². The predicted molar refractivity (Wildman–Crippen MR) is 106 cm³/mol. The number of anilines is 1. The Morgan fingerprint density at radius 1 is 1.29 bits per heavy atom. The summed E-state index contributed by atoms with van der Waals surface area (Å²) in [7, 11) is 3.31. The molecule has 0 fully saturated rings. The van der Waals surface area contributed by atoms with Crippen molar-refractivity contribution in [3.05, 3.63) is 70.8 Å². The van der Waals surface area contributed by atoms with Crippen LogP contribution in [0.5, 0.6) is 11.5 Å². The van der Waals surface area contributed by atoms with E-state index in [0.717, 1.165) is 16.2 Å². The first-order valence-electron chi connectivity index (χ1n) is 8.69. The van der Waals surface area contributed by atoms with Crippen molar-refractivity contribution in [1.82, 2.24) is 0 Å². The molecular formula is C20H24N3O5+. The van der Waals surface area contributed by atoms with E-state index in [1.807, 2.05) is 31.3 Å². The molecule has 0 bridgehead atoms. The van der Waals surface area contributed by atoms with Gasteiger partial charge in [-0.2, -0.15) is 0 Å². The highest BCUT2D eigenvalue weighted by Crippen LogP contribution is 2.28. The number of rotatable bonds is 10. The number of carbonyl (C=O) groups is 1. The molecule has 2 aromatic carbocycles. The molecule has 0 saturated carbocycles. The number of hydrogen-bond donors (Lipinski definition) is 2. The van der Waals surface area contributed by atoms with Crippen molar-refractivity contribution < 1.29 is 24.1 Å². The van der Waals surface area contributed by atoms with Crippen molar-refractivity contribution in [3.8, 4) is 11.5 Å². The van der Waals surface area contributed by atoms with E-state index >= 15 is 0 Å². The number of benzene rings is 2. The van der Waals surface area contributed by atoms with Crippen LogP contribution >= 0.6 is 0 Å². The fraction of sp³-hybridized carbons (Fsp3) is 0.250. The van der Waals surface area contributed by atoms with Gasteiger partial charge in [0.15, 0.2) is 6.54 Å². The number of quaternary nitrogens is 1. The third kappa shape index (κ3) is 6.10. The highest BCUT2D eigenvalue weighted by Gasteiger charge is 2.16. The first-order chi connectivity index (χ1) is 13.4. The molecule has 1 unspecified atom stereocenters. The van der Waals surface area contributed by atoms with Crippen LogP contribution in [-0.4, -0.2) is 38.1 Å². The van der Waals surface area contributed by atoms with Crippen LogP contribution in [0.2, 0.25) is 0 Å². The molecule has 28 heavy (non-hydrogen) atoms. The highest BCUT2D eigenvalue weighted by molar-refractivity contribution is 5.93. The van der Waals surface area contributed by atoms with E-state index < -0.39 is 4.92 Å². The first kappa shape index (κ1) is 20.9. The SMILES string of the molecule is C=CCOc1ccc(C[NH+](C)CC(=O)Nc2ccc([N+](=O)[O-])cc2OC)cc1. The van der Waals surface area contributed by atoms with Gasteiger partial charge in [-0.15, -0.1) is 0 Å². The molecule has 0 spiro atoms. The van der Waals surface area contributed by atoms with Gasteiger partial charge in [0.25, 0.3) is 11.6 Å². The summed E-state index contributed by atoms with van der Waals surface area (Å²) in [6.45, 7) is 4.95. The van der Waals surface area contributed by atoms with Gasteiger partial charge in [0, 0.05) is 11.6 Å². The summed E-state index contributed by atoms with van der Waals surface area (Å²) in [4.78, 5) is 23.6. The zero-order valence-corrected chi connectivity index (χ0v) is 15.9. The van der Waals surface area contributed by atoms with Crippen LogP contribution in [-0.2, 0) is 11.3 Å². The summed E-state index contributed by atoms with van der Waals surface area (Å²) < 4.78 is 10.6. The van der Waals surface area contributed by atoms with Crippen molar-refractivity contribution in [3.63, 3.8) is 0 Å². The maximum Gasteiger partial charge on any atom is 0.279 e. The number of methoxy groups -OCH3 is 1. The van der Waals surface area contributed by atoms with Crippen molar-refractivity contribution in [2.75, 3.05) is 32.6 Å². The number of non-ortho nitro benzene ring substituents is 1. The predicted octanol–water partition coefficient (Wildman–Crippen LogP) is 1.82. The topological polar surface area (TPSA) is 95.1 Å². The van der Waals surface area contributed by atoms with Crippen LogP contribution in [0.15, 0.2) is 55.1 Å². The number of hydrogen-bond acceptors (Lipinski definition) is 5. The van der Waals surface area contributed by atoms with Gasteiger partial charge in [-0.1, -0.05) is 12.7 Å². The summed E-state index contributed by atoms with van der Waals surface area (Å²) in [5, 5.41) is 13.6. The summed E-state index contributed by atoms with van der Waals surface area (Å²) in [6.07, 6.45) is 1.68. The van der Waals surface area contributed by atoms with Crippen LogP contribution in [0.25, 0.3) is 0 Å². The smallest absolute Gasteiger partial charge is 0.279 e. The second-order valence-electron chi connectivity index (χ2n) is 6.24. The number of amides is 1. The quantitative estimate of drug-likeness (QED) is 0.369. The lowest BCUT2D eigenvalue weighted by Crippen LogP contribution is -3.08. The fourth-order valence-electron chi connectivity index (χ4n) is 2.63. The number of ether oxygens (including phenoxy) is 2. The molecule has 8 nitrogen and oxygen atoms in total. The largest absolute Gasteiger partial charge is 0.494 e. The number of nitrogens with one attached hydrogen (secondary N) is 2. The van der Waals surface area contributed by atoms with Gasteiger partial charge in [-0.3, -0.25) is 14.9 Å². The monoisotopic (exact) mass is 386 g/mol. The van der Waals surface area contributed by atoms with E-state index in [1.165, 1.54) is 25.3 Å². The fourth-order valence-corrected chi connectivity index (χ4v) is 2.63. The Balaban J connectivity index is 1.92. The van der Waals surface area contributed by atoms with E-state index in [1.54, 1.807) is 6.08 Å². The summed E-state index contributed by atoms with van der Waals surface area (Å²) in [5.74, 6) is 0.801. The van der Waals surface area contributed by atoms with Gasteiger partial charge in [0.1, 0.15) is 24.7 Å². The second-order valence-corrected chi connectivity index (χ2v) is 6.24. The lowest BCUT2D eigenvalue weighted by Gasteiger charge is -2.15. The molecule has 0 aliphatic rings. The molecule has 0 aromatic heterocycles. The van der Waals surface area contributed by atoms with E-state index in [9.17, 15) is 14.9 Å². The Morgan fingerprint density at radius 2 is 2.00 bits per heavy atom. The molecule has 1 amide bonds. The molecule has 2 N–H and O–H groups in total. The minimum atomic E-state index is -0.514. The van der Waals surface area contributed by atoms with Crippen molar-refractivity contribution in [2.45, 2.75) is 6.54 Å². The third-order valence-corrected chi connectivity index (χ3v) is 3.93. The molecule has 8 heteroatoms. The zero-order valence-electron chi connectivity index (χ0n) is 15.9. The minimum absolute atomic E-state index is 0.0990. The van der Waals surface area contributed by atoms with Crippen molar-refractivity contribution in [1.29, 1.82) is 0 Å². The van der Waals surface area contributed by atoms with E-state index in [4.69, 9.17) is 9.47 Å². The number of nitro groups is 1. The van der Waals surface area contributed by atoms with Crippen molar-refractivity contribution >= 4 is 17.3 Å². The molecule has 0 heterocycles. The Kier molecular flexibility index (Phi) is 7.53. The van der Waals surface area contributed by atoms with E-state index in [-0.39, 0.29) is 23.9 Å². The molecule has 0 saturated heterocycles. The average Bonchev–Trinajstić information content (AvgIpc) is 2.67. The Hall–Kier alpha value is -3.39. The molecular weight excluding hydrogens is 362 g/mol. The maximum atomic E-state index is 12.3. The Morgan fingerprint density at radius 3 is 2.61 bits per heavy atom. The standard InChI is InChI=1S/C20H23N3O5/c1-4-11-28-17-8-5-15(6-9-17)13-22(2)14-20(24)21-18-10-7-16(23(25)26)12-19(18)27-3/h4-10,12H,1,11,13-14H2,2-3H3,(H,21,24)/p+1.